The van der Waals surface area contributed by atoms with E-state index in [-0.39, 0.29) is 0 Å². The zero-order valence-corrected chi connectivity index (χ0v) is 20.5. The molecule has 0 radical (unpaired) electrons. The van der Waals surface area contributed by atoms with Gasteiger partial charge < -0.3 is 10.2 Å². The summed E-state index contributed by atoms with van der Waals surface area (Å²) in [5.74, 6) is 0. The van der Waals surface area contributed by atoms with Crippen LogP contribution in [-0.2, 0) is 0 Å². The predicted molar refractivity (Wildman–Crippen MR) is 147 cm³/mol. The first-order valence-electron chi connectivity index (χ1n) is 11.3. The van der Waals surface area contributed by atoms with Crippen molar-refractivity contribution in [2.24, 2.45) is 0 Å². The first kappa shape index (κ1) is 22.6. The van der Waals surface area contributed by atoms with Crippen LogP contribution in [0.1, 0.15) is 11.1 Å². The highest BCUT2D eigenvalue weighted by Crippen LogP contribution is 2.29. The predicted octanol–water partition coefficient (Wildman–Crippen LogP) is 6.20. The summed E-state index contributed by atoms with van der Waals surface area (Å²) in [4.78, 5) is 20.8. The molecule has 1 N–H and O–H groups in total. The third kappa shape index (κ3) is 4.72. The maximum atomic E-state index is 5.69. The van der Waals surface area contributed by atoms with E-state index in [2.05, 4.69) is 47.3 Å². The second-order valence-corrected chi connectivity index (χ2v) is 8.70. The van der Waals surface area contributed by atoms with Crippen molar-refractivity contribution in [2.45, 2.75) is 13.8 Å². The maximum Gasteiger partial charge on any atom is 0.177 e. The van der Waals surface area contributed by atoms with Gasteiger partial charge in [0, 0.05) is 30.8 Å². The molecule has 172 valence electrons. The molecule has 0 saturated carbocycles. The molecule has 0 aliphatic heterocycles. The van der Waals surface area contributed by atoms with Crippen LogP contribution in [0.3, 0.4) is 0 Å². The topological polar surface area (TPSA) is 66.8 Å². The van der Waals surface area contributed by atoms with E-state index in [9.17, 15) is 0 Å². The Bertz CT molecular complexity index is 1520. The number of aryl methyl sites for hydroxylation is 2. The number of nitrogens with zero attached hydrogens (tertiary/aromatic N) is 5. The zero-order valence-electron chi connectivity index (χ0n) is 19.7. The second kappa shape index (κ2) is 9.56. The number of nitrogens with one attached hydrogen (secondary N) is 1. The highest BCUT2D eigenvalue weighted by molar-refractivity contribution is 7.80. The van der Waals surface area contributed by atoms with Gasteiger partial charge in [-0.25, -0.2) is 9.97 Å². The average Bonchev–Trinajstić information content (AvgIpc) is 2.90. The van der Waals surface area contributed by atoms with Gasteiger partial charge >= 0.3 is 0 Å². The SMILES string of the molecule is Cc1ccc(N(C)C(=S)Nc2ccc3nc(-c4ccccn4)c(-c4ccccn4)nc3c2)cc1C. The quantitative estimate of drug-likeness (QED) is 0.310. The van der Waals surface area contributed by atoms with Gasteiger partial charge in [0.2, 0.25) is 0 Å². The average molecular weight is 477 g/mol. The number of anilines is 2. The number of fused-ring (bicyclic) bond motifs is 1. The molecule has 0 aliphatic rings. The molecule has 0 saturated heterocycles. The van der Waals surface area contributed by atoms with Crippen LogP contribution in [0, 0.1) is 13.8 Å². The molecule has 3 heterocycles. The van der Waals surface area contributed by atoms with Crippen molar-refractivity contribution in [3.63, 3.8) is 0 Å². The van der Waals surface area contributed by atoms with Gasteiger partial charge in [0.05, 0.1) is 22.4 Å². The number of pyridine rings is 2. The molecule has 0 amide bonds. The Morgan fingerprint density at radius 1 is 0.743 bits per heavy atom. The summed E-state index contributed by atoms with van der Waals surface area (Å²) in [7, 11) is 1.96. The van der Waals surface area contributed by atoms with Gasteiger partial charge in [0.1, 0.15) is 11.4 Å². The van der Waals surface area contributed by atoms with E-state index >= 15 is 0 Å². The molecule has 0 atom stereocenters. The van der Waals surface area contributed by atoms with Crippen LogP contribution < -0.4 is 10.2 Å². The summed E-state index contributed by atoms with van der Waals surface area (Å²) in [5.41, 5.74) is 8.73. The van der Waals surface area contributed by atoms with E-state index in [0.29, 0.717) is 16.5 Å². The minimum absolute atomic E-state index is 0.593. The minimum Gasteiger partial charge on any atom is -0.332 e. The lowest BCUT2D eigenvalue weighted by Gasteiger charge is -2.22. The molecular formula is C28H24N6S. The summed E-state index contributed by atoms with van der Waals surface area (Å²) < 4.78 is 0. The van der Waals surface area contributed by atoms with Crippen molar-refractivity contribution >= 4 is 39.7 Å². The molecule has 0 bridgehead atoms. The van der Waals surface area contributed by atoms with Crippen molar-refractivity contribution in [2.75, 3.05) is 17.3 Å². The second-order valence-electron chi connectivity index (χ2n) is 8.31. The molecular weight excluding hydrogens is 452 g/mol. The van der Waals surface area contributed by atoms with E-state index in [1.165, 1.54) is 11.1 Å². The molecule has 0 aliphatic carbocycles. The smallest absolute Gasteiger partial charge is 0.177 e. The van der Waals surface area contributed by atoms with Crippen LogP contribution in [0.4, 0.5) is 11.4 Å². The van der Waals surface area contributed by atoms with Crippen LogP contribution in [0.5, 0.6) is 0 Å². The van der Waals surface area contributed by atoms with Crippen molar-refractivity contribution in [1.29, 1.82) is 0 Å². The Morgan fingerprint density at radius 2 is 1.40 bits per heavy atom. The number of thiocarbonyl (C=S) groups is 1. The number of hydrogen-bond donors (Lipinski definition) is 1. The summed E-state index contributed by atoms with van der Waals surface area (Å²) >= 11 is 5.69. The molecule has 0 unspecified atom stereocenters. The Morgan fingerprint density at radius 3 is 2.00 bits per heavy atom. The van der Waals surface area contributed by atoms with E-state index in [1.807, 2.05) is 66.5 Å². The van der Waals surface area contributed by atoms with Crippen molar-refractivity contribution in [3.8, 4) is 22.8 Å². The fourth-order valence-corrected chi connectivity index (χ4v) is 3.98. The van der Waals surface area contributed by atoms with Crippen LogP contribution in [-0.4, -0.2) is 32.1 Å². The van der Waals surface area contributed by atoms with Gasteiger partial charge in [-0.15, -0.1) is 0 Å². The van der Waals surface area contributed by atoms with E-state index < -0.39 is 0 Å². The number of aromatic nitrogens is 4. The van der Waals surface area contributed by atoms with E-state index in [1.54, 1.807) is 12.4 Å². The highest BCUT2D eigenvalue weighted by atomic mass is 32.1. The van der Waals surface area contributed by atoms with E-state index in [4.69, 9.17) is 22.2 Å². The molecule has 5 aromatic rings. The maximum absolute atomic E-state index is 5.69. The normalized spacial score (nSPS) is 10.8. The summed E-state index contributed by atoms with van der Waals surface area (Å²) in [6.07, 6.45) is 3.51. The molecule has 6 nitrogen and oxygen atoms in total. The monoisotopic (exact) mass is 476 g/mol. The fourth-order valence-electron chi connectivity index (χ4n) is 3.75. The Hall–Kier alpha value is -4.23. The molecule has 2 aromatic carbocycles. The fraction of sp³-hybridized carbons (Fsp3) is 0.107. The lowest BCUT2D eigenvalue weighted by molar-refractivity contribution is 1.21. The van der Waals surface area contributed by atoms with Crippen LogP contribution in [0.2, 0.25) is 0 Å². The van der Waals surface area contributed by atoms with Crippen molar-refractivity contribution in [3.05, 3.63) is 96.3 Å². The Labute approximate surface area is 209 Å². The Balaban J connectivity index is 1.51. The van der Waals surface area contributed by atoms with Gasteiger partial charge in [0.15, 0.2) is 5.11 Å². The third-order valence-corrected chi connectivity index (χ3v) is 6.29. The first-order chi connectivity index (χ1) is 17.0. The zero-order chi connectivity index (χ0) is 24.4. The highest BCUT2D eigenvalue weighted by Gasteiger charge is 2.16. The van der Waals surface area contributed by atoms with Gasteiger partial charge in [0.25, 0.3) is 0 Å². The van der Waals surface area contributed by atoms with Gasteiger partial charge in [-0.2, -0.15) is 0 Å². The van der Waals surface area contributed by atoms with Crippen molar-refractivity contribution in [1.82, 2.24) is 19.9 Å². The van der Waals surface area contributed by atoms with Crippen LogP contribution >= 0.6 is 12.2 Å². The standard InChI is InChI=1S/C28H24N6S/c1-18-10-12-21(16-19(18)2)34(3)28(35)31-20-11-13-22-25(17-20)33-27(24-9-5-7-15-30-24)26(32-22)23-8-4-6-14-29-23/h4-17H,1-3H3,(H,31,35). The molecule has 7 heteroatoms. The summed E-state index contributed by atoms with van der Waals surface area (Å²) in [5, 5.41) is 3.93. The van der Waals surface area contributed by atoms with Crippen LogP contribution in [0.25, 0.3) is 33.8 Å². The number of hydrogen-bond acceptors (Lipinski definition) is 5. The molecule has 5 rings (SSSR count). The first-order valence-corrected chi connectivity index (χ1v) is 11.7. The van der Waals surface area contributed by atoms with Gasteiger partial charge in [-0.3, -0.25) is 9.97 Å². The summed E-state index contributed by atoms with van der Waals surface area (Å²) in [6, 6.07) is 23.7. The minimum atomic E-state index is 0.593. The molecule has 3 aromatic heterocycles. The Kier molecular flexibility index (Phi) is 6.16. The lowest BCUT2D eigenvalue weighted by Crippen LogP contribution is -2.30. The largest absolute Gasteiger partial charge is 0.332 e. The number of benzene rings is 2. The van der Waals surface area contributed by atoms with Gasteiger partial charge in [-0.05, 0) is 91.8 Å². The summed E-state index contributed by atoms with van der Waals surface area (Å²) in [6.45, 7) is 4.20. The lowest BCUT2D eigenvalue weighted by atomic mass is 10.1. The van der Waals surface area contributed by atoms with Crippen molar-refractivity contribution < 1.29 is 0 Å². The van der Waals surface area contributed by atoms with Crippen LogP contribution in [0.15, 0.2) is 85.2 Å². The van der Waals surface area contributed by atoms with E-state index in [0.717, 1.165) is 33.8 Å². The van der Waals surface area contributed by atoms with Gasteiger partial charge in [-0.1, -0.05) is 18.2 Å². The molecule has 35 heavy (non-hydrogen) atoms. The molecule has 0 spiro atoms. The number of rotatable bonds is 4. The third-order valence-electron chi connectivity index (χ3n) is 5.91. The molecule has 0 fully saturated rings.